The van der Waals surface area contributed by atoms with Crippen LogP contribution in [-0.4, -0.2) is 47.9 Å². The van der Waals surface area contributed by atoms with Gasteiger partial charge in [0, 0.05) is 19.7 Å². The number of hydrogen-bond donors (Lipinski definition) is 2. The zero-order valence-corrected chi connectivity index (χ0v) is 11.4. The van der Waals surface area contributed by atoms with E-state index in [9.17, 15) is 0 Å². The van der Waals surface area contributed by atoms with Crippen molar-refractivity contribution in [1.82, 2.24) is 15.0 Å². The number of methoxy groups -OCH3 is 1. The van der Waals surface area contributed by atoms with Crippen LogP contribution in [0.25, 0.3) is 0 Å². The van der Waals surface area contributed by atoms with E-state index >= 15 is 0 Å². The highest BCUT2D eigenvalue weighted by atomic mass is 16.5. The molecule has 18 heavy (non-hydrogen) atoms. The van der Waals surface area contributed by atoms with Gasteiger partial charge in [0.2, 0.25) is 11.9 Å². The molecule has 0 amide bonds. The fourth-order valence-electron chi connectivity index (χ4n) is 1.36. The number of ether oxygens (including phenoxy) is 2. The summed E-state index contributed by atoms with van der Waals surface area (Å²) in [4.78, 5) is 12.6. The van der Waals surface area contributed by atoms with E-state index in [2.05, 4.69) is 25.6 Å². The average molecular weight is 255 g/mol. The highest BCUT2D eigenvalue weighted by Gasteiger charge is 2.09. The second-order valence-electron chi connectivity index (χ2n) is 3.73. The molecular weight excluding hydrogens is 234 g/mol. The van der Waals surface area contributed by atoms with Crippen LogP contribution < -0.4 is 15.4 Å². The largest absolute Gasteiger partial charge is 0.464 e. The molecule has 0 spiro atoms. The van der Waals surface area contributed by atoms with Gasteiger partial charge in [-0.15, -0.1) is 0 Å². The highest BCUT2D eigenvalue weighted by molar-refractivity contribution is 5.36. The van der Waals surface area contributed by atoms with Crippen molar-refractivity contribution in [3.63, 3.8) is 0 Å². The van der Waals surface area contributed by atoms with E-state index in [0.717, 1.165) is 6.54 Å². The normalized spacial score (nSPS) is 12.0. The van der Waals surface area contributed by atoms with E-state index in [1.165, 1.54) is 0 Å². The molecule has 1 rings (SSSR count). The fraction of sp³-hybridized carbons (Fsp3) is 0.727. The fourth-order valence-corrected chi connectivity index (χ4v) is 1.36. The zero-order valence-electron chi connectivity index (χ0n) is 11.4. The number of nitrogens with one attached hydrogen (secondary N) is 2. The molecule has 0 aliphatic rings. The van der Waals surface area contributed by atoms with Gasteiger partial charge >= 0.3 is 6.01 Å². The van der Waals surface area contributed by atoms with Gasteiger partial charge in [0.1, 0.15) is 0 Å². The van der Waals surface area contributed by atoms with E-state index < -0.39 is 0 Å². The summed E-state index contributed by atoms with van der Waals surface area (Å²) in [7, 11) is 1.65. The van der Waals surface area contributed by atoms with Crippen molar-refractivity contribution in [2.24, 2.45) is 0 Å². The third-order valence-electron chi connectivity index (χ3n) is 2.02. The lowest BCUT2D eigenvalue weighted by Gasteiger charge is -2.14. The summed E-state index contributed by atoms with van der Waals surface area (Å²) in [5.41, 5.74) is 0. The molecule has 2 N–H and O–H groups in total. The standard InChI is InChI=1S/C11H21N5O2/c1-5-12-9-14-10(13-8(3)7-17-4)16-11(15-9)18-6-2/h8H,5-7H2,1-4H3,(H2,12,13,14,15,16). The lowest BCUT2D eigenvalue weighted by Crippen LogP contribution is -2.23. The Kier molecular flexibility index (Phi) is 6.13. The van der Waals surface area contributed by atoms with E-state index in [1.54, 1.807) is 7.11 Å². The zero-order chi connectivity index (χ0) is 13.4. The summed E-state index contributed by atoms with van der Waals surface area (Å²) >= 11 is 0. The molecule has 7 nitrogen and oxygen atoms in total. The lowest BCUT2D eigenvalue weighted by atomic mass is 10.4. The van der Waals surface area contributed by atoms with Gasteiger partial charge in [0.15, 0.2) is 0 Å². The second kappa shape index (κ2) is 7.65. The Balaban J connectivity index is 2.81. The molecule has 102 valence electrons. The van der Waals surface area contributed by atoms with Crippen molar-refractivity contribution in [1.29, 1.82) is 0 Å². The third kappa shape index (κ3) is 4.70. The van der Waals surface area contributed by atoms with Crippen molar-refractivity contribution in [2.75, 3.05) is 37.5 Å². The van der Waals surface area contributed by atoms with Crippen LogP contribution in [0.15, 0.2) is 0 Å². The third-order valence-corrected chi connectivity index (χ3v) is 2.02. The van der Waals surface area contributed by atoms with Crippen LogP contribution in [0.4, 0.5) is 11.9 Å². The van der Waals surface area contributed by atoms with E-state index in [4.69, 9.17) is 9.47 Å². The SMILES string of the molecule is CCNc1nc(NC(C)COC)nc(OCC)n1. The quantitative estimate of drug-likeness (QED) is 0.721. The molecule has 0 fully saturated rings. The first-order valence-electron chi connectivity index (χ1n) is 6.07. The smallest absolute Gasteiger partial charge is 0.323 e. The molecule has 1 aromatic rings. The molecule has 0 saturated heterocycles. The summed E-state index contributed by atoms with van der Waals surface area (Å²) in [6, 6.07) is 0.428. The molecular formula is C11H21N5O2. The van der Waals surface area contributed by atoms with Gasteiger partial charge in [-0.1, -0.05) is 0 Å². The minimum atomic E-state index is 0.112. The maximum absolute atomic E-state index is 5.30. The van der Waals surface area contributed by atoms with Crippen LogP contribution in [0, 0.1) is 0 Å². The predicted octanol–water partition coefficient (Wildman–Crippen LogP) is 1.15. The van der Waals surface area contributed by atoms with Crippen LogP contribution >= 0.6 is 0 Å². The van der Waals surface area contributed by atoms with Gasteiger partial charge in [-0.25, -0.2) is 0 Å². The molecule has 0 radical (unpaired) electrons. The van der Waals surface area contributed by atoms with Gasteiger partial charge in [-0.05, 0) is 20.8 Å². The monoisotopic (exact) mass is 255 g/mol. The minimum Gasteiger partial charge on any atom is -0.464 e. The Bertz CT molecular complexity index is 337. The van der Waals surface area contributed by atoms with Gasteiger partial charge in [-0.2, -0.15) is 15.0 Å². The Morgan fingerprint density at radius 3 is 2.50 bits per heavy atom. The van der Waals surface area contributed by atoms with Crippen molar-refractivity contribution >= 4 is 11.9 Å². The van der Waals surface area contributed by atoms with Gasteiger partial charge in [0.25, 0.3) is 0 Å². The van der Waals surface area contributed by atoms with Crippen molar-refractivity contribution in [3.05, 3.63) is 0 Å². The van der Waals surface area contributed by atoms with Crippen LogP contribution in [0.5, 0.6) is 6.01 Å². The Morgan fingerprint density at radius 2 is 1.89 bits per heavy atom. The maximum Gasteiger partial charge on any atom is 0.323 e. The molecule has 1 atom stereocenters. The predicted molar refractivity (Wildman–Crippen MR) is 70.1 cm³/mol. The number of hydrogen-bond acceptors (Lipinski definition) is 7. The summed E-state index contributed by atoms with van der Waals surface area (Å²) < 4.78 is 10.4. The lowest BCUT2D eigenvalue weighted by molar-refractivity contribution is 0.190. The Morgan fingerprint density at radius 1 is 1.17 bits per heavy atom. The maximum atomic E-state index is 5.30. The minimum absolute atomic E-state index is 0.112. The van der Waals surface area contributed by atoms with E-state index in [1.807, 2.05) is 20.8 Å². The number of nitrogens with zero attached hydrogens (tertiary/aromatic N) is 3. The highest BCUT2D eigenvalue weighted by Crippen LogP contribution is 2.11. The first-order chi connectivity index (χ1) is 8.69. The summed E-state index contributed by atoms with van der Waals surface area (Å²) in [6.45, 7) is 7.68. The topological polar surface area (TPSA) is 81.2 Å². The molecule has 0 aliphatic heterocycles. The van der Waals surface area contributed by atoms with Crippen LogP contribution in [-0.2, 0) is 4.74 Å². The van der Waals surface area contributed by atoms with Crippen LogP contribution in [0.1, 0.15) is 20.8 Å². The molecule has 1 heterocycles. The molecule has 0 bridgehead atoms. The Labute approximate surface area is 107 Å². The molecule has 0 saturated carbocycles. The molecule has 1 unspecified atom stereocenters. The van der Waals surface area contributed by atoms with Crippen molar-refractivity contribution < 1.29 is 9.47 Å². The van der Waals surface area contributed by atoms with Crippen LogP contribution in [0.2, 0.25) is 0 Å². The molecule has 0 aromatic carbocycles. The van der Waals surface area contributed by atoms with Gasteiger partial charge in [-0.3, -0.25) is 0 Å². The summed E-state index contributed by atoms with van der Waals surface area (Å²) in [5, 5.41) is 6.17. The Hall–Kier alpha value is -1.63. The van der Waals surface area contributed by atoms with Gasteiger partial charge < -0.3 is 20.1 Å². The number of rotatable bonds is 8. The molecule has 7 heteroatoms. The van der Waals surface area contributed by atoms with Crippen LogP contribution in [0.3, 0.4) is 0 Å². The molecule has 1 aromatic heterocycles. The summed E-state index contributed by atoms with van der Waals surface area (Å²) in [5.74, 6) is 0.983. The first kappa shape index (κ1) is 14.4. The van der Waals surface area contributed by atoms with Crippen molar-refractivity contribution in [3.8, 4) is 6.01 Å². The second-order valence-corrected chi connectivity index (χ2v) is 3.73. The van der Waals surface area contributed by atoms with Gasteiger partial charge in [0.05, 0.1) is 13.2 Å². The van der Waals surface area contributed by atoms with Crippen molar-refractivity contribution in [2.45, 2.75) is 26.8 Å². The number of anilines is 2. The van der Waals surface area contributed by atoms with E-state index in [0.29, 0.717) is 31.1 Å². The summed E-state index contributed by atoms with van der Waals surface area (Å²) in [6.07, 6.45) is 0. The average Bonchev–Trinajstić information content (AvgIpc) is 2.29. The first-order valence-corrected chi connectivity index (χ1v) is 6.07. The number of aromatic nitrogens is 3. The van der Waals surface area contributed by atoms with E-state index in [-0.39, 0.29) is 6.04 Å². The molecule has 0 aliphatic carbocycles.